The number of hydrogen-bond donors (Lipinski definition) is 0. The van der Waals surface area contributed by atoms with Gasteiger partial charge in [-0.05, 0) is 17.7 Å². The Hall–Kier alpha value is -1.39. The maximum atomic E-state index is 5.97. The summed E-state index contributed by atoms with van der Waals surface area (Å²) in [6.45, 7) is 1.61. The van der Waals surface area contributed by atoms with E-state index in [1.54, 1.807) is 0 Å². The molecule has 0 aliphatic carbocycles. The molecule has 0 saturated carbocycles. The van der Waals surface area contributed by atoms with Crippen LogP contribution in [-0.2, 0) is 20.8 Å². The van der Waals surface area contributed by atoms with Crippen LogP contribution in [0.4, 0.5) is 0 Å². The van der Waals surface area contributed by atoms with Crippen molar-refractivity contribution in [1.82, 2.24) is 0 Å². The number of ether oxygens (including phenoxy) is 3. The van der Waals surface area contributed by atoms with E-state index in [4.69, 9.17) is 25.8 Å². The lowest BCUT2D eigenvalue weighted by Gasteiger charge is -2.29. The molecule has 0 N–H and O–H groups in total. The summed E-state index contributed by atoms with van der Waals surface area (Å²) in [5.74, 6) is 0. The summed E-state index contributed by atoms with van der Waals surface area (Å²) < 4.78 is 17.2. The van der Waals surface area contributed by atoms with Gasteiger partial charge in [0.2, 0.25) is 0 Å². The van der Waals surface area contributed by atoms with Crippen molar-refractivity contribution in [3.05, 3.63) is 70.7 Å². The van der Waals surface area contributed by atoms with E-state index >= 15 is 0 Å². The second-order valence-corrected chi connectivity index (χ2v) is 5.41. The largest absolute Gasteiger partial charge is 0.369 e. The van der Waals surface area contributed by atoms with Crippen molar-refractivity contribution in [2.24, 2.45) is 0 Å². The van der Waals surface area contributed by atoms with Gasteiger partial charge in [0, 0.05) is 10.6 Å². The maximum Gasteiger partial charge on any atom is 0.184 e. The molecule has 0 bridgehead atoms. The third kappa shape index (κ3) is 4.05. The highest BCUT2D eigenvalue weighted by molar-refractivity contribution is 6.30. The minimum atomic E-state index is -0.361. The van der Waals surface area contributed by atoms with E-state index in [9.17, 15) is 0 Å². The molecule has 0 amide bonds. The lowest BCUT2D eigenvalue weighted by Crippen LogP contribution is -2.33. The smallest absolute Gasteiger partial charge is 0.184 e. The van der Waals surface area contributed by atoms with Crippen LogP contribution in [0.3, 0.4) is 0 Å². The zero-order chi connectivity index (χ0) is 14.5. The Morgan fingerprint density at radius 1 is 1.00 bits per heavy atom. The fraction of sp³-hybridized carbons (Fsp3) is 0.294. The van der Waals surface area contributed by atoms with Crippen molar-refractivity contribution < 1.29 is 14.2 Å². The summed E-state index contributed by atoms with van der Waals surface area (Å²) in [5, 5.41) is 0.683. The molecule has 110 valence electrons. The standard InChI is InChI=1S/C17H17ClO3/c18-15-8-4-7-14(9-15)17-20-11-16(12-21-17)19-10-13-5-2-1-3-6-13/h1-9,16-17H,10-12H2. The SMILES string of the molecule is Clc1cccc(C2OCC(OCc3ccccc3)CO2)c1. The summed E-state index contributed by atoms with van der Waals surface area (Å²) >= 11 is 5.97. The summed E-state index contributed by atoms with van der Waals surface area (Å²) in [4.78, 5) is 0. The van der Waals surface area contributed by atoms with Crippen molar-refractivity contribution in [1.29, 1.82) is 0 Å². The summed E-state index contributed by atoms with van der Waals surface area (Å²) in [6, 6.07) is 17.6. The molecule has 1 heterocycles. The predicted octanol–water partition coefficient (Wildman–Crippen LogP) is 3.97. The molecule has 2 aromatic rings. The zero-order valence-electron chi connectivity index (χ0n) is 11.6. The molecule has 1 aliphatic heterocycles. The first-order valence-electron chi connectivity index (χ1n) is 6.95. The average molecular weight is 305 g/mol. The predicted molar refractivity (Wildman–Crippen MR) is 81.1 cm³/mol. The van der Waals surface area contributed by atoms with Crippen LogP contribution in [0.2, 0.25) is 5.02 Å². The fourth-order valence-corrected chi connectivity index (χ4v) is 2.41. The van der Waals surface area contributed by atoms with Crippen LogP contribution in [0.1, 0.15) is 17.4 Å². The molecule has 4 heteroatoms. The van der Waals surface area contributed by atoms with E-state index in [0.29, 0.717) is 24.8 Å². The minimum absolute atomic E-state index is 0.0411. The van der Waals surface area contributed by atoms with Gasteiger partial charge in [-0.2, -0.15) is 0 Å². The van der Waals surface area contributed by atoms with Crippen LogP contribution in [0, 0.1) is 0 Å². The van der Waals surface area contributed by atoms with Crippen molar-refractivity contribution >= 4 is 11.6 Å². The summed E-state index contributed by atoms with van der Waals surface area (Å²) in [7, 11) is 0. The van der Waals surface area contributed by atoms with Crippen LogP contribution >= 0.6 is 11.6 Å². The van der Waals surface area contributed by atoms with Crippen molar-refractivity contribution in [3.8, 4) is 0 Å². The third-order valence-electron chi connectivity index (χ3n) is 3.32. The topological polar surface area (TPSA) is 27.7 Å². The lowest BCUT2D eigenvalue weighted by atomic mass is 10.2. The number of rotatable bonds is 4. The van der Waals surface area contributed by atoms with E-state index in [1.807, 2.05) is 54.6 Å². The first-order chi connectivity index (χ1) is 10.3. The molecule has 21 heavy (non-hydrogen) atoms. The molecule has 1 fully saturated rings. The van der Waals surface area contributed by atoms with Gasteiger partial charge in [0.1, 0.15) is 6.10 Å². The lowest BCUT2D eigenvalue weighted by molar-refractivity contribution is -0.232. The molecular formula is C17H17ClO3. The highest BCUT2D eigenvalue weighted by atomic mass is 35.5. The van der Waals surface area contributed by atoms with Gasteiger partial charge in [-0.1, -0.05) is 54.1 Å². The second-order valence-electron chi connectivity index (χ2n) is 4.97. The van der Waals surface area contributed by atoms with Gasteiger partial charge in [-0.3, -0.25) is 0 Å². The Morgan fingerprint density at radius 2 is 1.76 bits per heavy atom. The van der Waals surface area contributed by atoms with E-state index < -0.39 is 0 Å². The Balaban J connectivity index is 1.49. The first kappa shape index (κ1) is 14.5. The van der Waals surface area contributed by atoms with Crippen LogP contribution in [0.5, 0.6) is 0 Å². The molecule has 1 aliphatic rings. The monoisotopic (exact) mass is 304 g/mol. The molecule has 3 rings (SSSR count). The summed E-state index contributed by atoms with van der Waals surface area (Å²) in [5.41, 5.74) is 2.08. The molecule has 0 unspecified atom stereocenters. The van der Waals surface area contributed by atoms with Crippen molar-refractivity contribution in [2.45, 2.75) is 19.0 Å². The molecule has 0 aromatic heterocycles. The highest BCUT2D eigenvalue weighted by Gasteiger charge is 2.24. The minimum Gasteiger partial charge on any atom is -0.369 e. The zero-order valence-corrected chi connectivity index (χ0v) is 12.3. The van der Waals surface area contributed by atoms with Gasteiger partial charge in [-0.25, -0.2) is 0 Å². The van der Waals surface area contributed by atoms with Gasteiger partial charge in [0.05, 0.1) is 19.8 Å². The molecule has 0 spiro atoms. The molecule has 0 radical (unpaired) electrons. The van der Waals surface area contributed by atoms with Gasteiger partial charge in [-0.15, -0.1) is 0 Å². The quantitative estimate of drug-likeness (QED) is 0.855. The molecule has 0 atom stereocenters. The Kier molecular flexibility index (Phi) is 4.88. The van der Waals surface area contributed by atoms with E-state index in [-0.39, 0.29) is 12.4 Å². The van der Waals surface area contributed by atoms with E-state index in [1.165, 1.54) is 0 Å². The highest BCUT2D eigenvalue weighted by Crippen LogP contribution is 2.26. The second kappa shape index (κ2) is 7.05. The Labute approximate surface area is 129 Å². The summed E-state index contributed by atoms with van der Waals surface area (Å²) in [6.07, 6.45) is -0.402. The van der Waals surface area contributed by atoms with Crippen LogP contribution < -0.4 is 0 Å². The van der Waals surface area contributed by atoms with Gasteiger partial charge in [0.15, 0.2) is 6.29 Å². The molecular weight excluding hydrogens is 288 g/mol. The van der Waals surface area contributed by atoms with Crippen LogP contribution in [0.25, 0.3) is 0 Å². The van der Waals surface area contributed by atoms with Gasteiger partial charge in [0.25, 0.3) is 0 Å². The third-order valence-corrected chi connectivity index (χ3v) is 3.55. The van der Waals surface area contributed by atoms with Crippen molar-refractivity contribution in [3.63, 3.8) is 0 Å². The number of benzene rings is 2. The number of halogens is 1. The van der Waals surface area contributed by atoms with Crippen LogP contribution in [-0.4, -0.2) is 19.3 Å². The normalized spacial score (nSPS) is 22.1. The average Bonchev–Trinajstić information content (AvgIpc) is 2.54. The van der Waals surface area contributed by atoms with Gasteiger partial charge < -0.3 is 14.2 Å². The van der Waals surface area contributed by atoms with E-state index in [0.717, 1.165) is 11.1 Å². The maximum absolute atomic E-state index is 5.97. The van der Waals surface area contributed by atoms with Crippen molar-refractivity contribution in [2.75, 3.05) is 13.2 Å². The van der Waals surface area contributed by atoms with Gasteiger partial charge >= 0.3 is 0 Å². The Morgan fingerprint density at radius 3 is 2.48 bits per heavy atom. The first-order valence-corrected chi connectivity index (χ1v) is 7.33. The van der Waals surface area contributed by atoms with E-state index in [2.05, 4.69) is 0 Å². The molecule has 3 nitrogen and oxygen atoms in total. The Bertz CT molecular complexity index is 565. The fourth-order valence-electron chi connectivity index (χ4n) is 2.22. The van der Waals surface area contributed by atoms with Crippen LogP contribution in [0.15, 0.2) is 54.6 Å². The molecule has 2 aromatic carbocycles. The molecule has 1 saturated heterocycles. The number of hydrogen-bond acceptors (Lipinski definition) is 3.